The van der Waals surface area contributed by atoms with Gasteiger partial charge in [-0.3, -0.25) is 4.79 Å². The summed E-state index contributed by atoms with van der Waals surface area (Å²) >= 11 is 0. The third-order valence-corrected chi connectivity index (χ3v) is 2.83. The van der Waals surface area contributed by atoms with Crippen LogP contribution in [0.25, 0.3) is 0 Å². The lowest BCUT2D eigenvalue weighted by molar-refractivity contribution is -0.140. The molecule has 0 aliphatic heterocycles. The van der Waals surface area contributed by atoms with Crippen LogP contribution in [0.5, 0.6) is 5.75 Å². The first kappa shape index (κ1) is 14.9. The summed E-state index contributed by atoms with van der Waals surface area (Å²) in [5.41, 5.74) is 0. The maximum absolute atomic E-state index is 10.7. The Labute approximate surface area is 121 Å². The van der Waals surface area contributed by atoms with Crippen LogP contribution in [0, 0.1) is 0 Å². The average molecular weight is 292 g/mol. The second kappa shape index (κ2) is 7.34. The highest BCUT2D eigenvalue weighted by Crippen LogP contribution is 2.11. The molecular weight excluding hydrogens is 276 g/mol. The molecule has 1 heterocycles. The summed E-state index contributed by atoms with van der Waals surface area (Å²) in [6.45, 7) is 0.448. The molecule has 112 valence electrons. The Hall–Kier alpha value is -2.48. The van der Waals surface area contributed by atoms with Crippen molar-refractivity contribution in [2.24, 2.45) is 0 Å². The van der Waals surface area contributed by atoms with Crippen LogP contribution in [0.2, 0.25) is 0 Å². The molecule has 0 radical (unpaired) electrons. The van der Waals surface area contributed by atoms with E-state index < -0.39 is 12.1 Å². The summed E-state index contributed by atoms with van der Waals surface area (Å²) in [6.07, 6.45) is -0.614. The Bertz CT molecular complexity index is 573. The summed E-state index contributed by atoms with van der Waals surface area (Å²) < 4.78 is 12.2. The van der Waals surface area contributed by atoms with Crippen molar-refractivity contribution in [2.75, 3.05) is 7.11 Å². The molecule has 8 heteroatoms. The molecule has 8 nitrogen and oxygen atoms in total. The van der Waals surface area contributed by atoms with E-state index in [2.05, 4.69) is 15.5 Å². The number of aromatic nitrogens is 4. The minimum absolute atomic E-state index is 0.116. The monoisotopic (exact) mass is 292 g/mol. The van der Waals surface area contributed by atoms with Gasteiger partial charge in [-0.1, -0.05) is 18.2 Å². The van der Waals surface area contributed by atoms with Gasteiger partial charge in [0.15, 0.2) is 5.82 Å². The molecule has 21 heavy (non-hydrogen) atoms. The van der Waals surface area contributed by atoms with Crippen molar-refractivity contribution in [3.8, 4) is 5.75 Å². The molecule has 1 N–H and O–H groups in total. The quantitative estimate of drug-likeness (QED) is 0.766. The van der Waals surface area contributed by atoms with Crippen molar-refractivity contribution in [3.05, 3.63) is 36.2 Å². The van der Waals surface area contributed by atoms with E-state index in [1.54, 1.807) is 0 Å². The van der Waals surface area contributed by atoms with Gasteiger partial charge in [0.1, 0.15) is 12.4 Å². The number of methoxy groups -OCH3 is 1. The Balaban J connectivity index is 1.96. The van der Waals surface area contributed by atoms with Gasteiger partial charge >= 0.3 is 5.97 Å². The molecule has 0 saturated heterocycles. The smallest absolute Gasteiger partial charge is 0.306 e. The molecule has 0 fully saturated rings. The number of para-hydroxylation sites is 1. The molecule has 1 unspecified atom stereocenters. The van der Waals surface area contributed by atoms with Gasteiger partial charge in [0, 0.05) is 7.11 Å². The van der Waals surface area contributed by atoms with Crippen LogP contribution in [0.3, 0.4) is 0 Å². The van der Waals surface area contributed by atoms with E-state index in [9.17, 15) is 4.79 Å². The number of carboxylic acid groups (broad SMARTS) is 1. The lowest BCUT2D eigenvalue weighted by Gasteiger charge is -2.13. The number of ether oxygens (including phenoxy) is 2. The van der Waals surface area contributed by atoms with Gasteiger partial charge in [-0.05, 0) is 22.6 Å². The van der Waals surface area contributed by atoms with Crippen molar-refractivity contribution >= 4 is 5.97 Å². The van der Waals surface area contributed by atoms with E-state index in [1.807, 2.05) is 30.3 Å². The molecule has 2 rings (SSSR count). The predicted octanol–water partition coefficient (Wildman–Crippen LogP) is 0.742. The number of carbonyl (C=O) groups is 1. The largest absolute Gasteiger partial charge is 0.486 e. The normalized spacial score (nSPS) is 12.0. The van der Waals surface area contributed by atoms with E-state index in [0.717, 1.165) is 0 Å². The Morgan fingerprint density at radius 1 is 1.38 bits per heavy atom. The Morgan fingerprint density at radius 3 is 2.81 bits per heavy atom. The first-order chi connectivity index (χ1) is 10.2. The number of aliphatic carboxylic acids is 1. The van der Waals surface area contributed by atoms with Crippen LogP contribution in [0.15, 0.2) is 30.3 Å². The third kappa shape index (κ3) is 4.53. The van der Waals surface area contributed by atoms with Crippen molar-refractivity contribution in [1.29, 1.82) is 0 Å². The number of hydrogen-bond donors (Lipinski definition) is 1. The molecule has 0 aliphatic carbocycles. The molecule has 1 aromatic heterocycles. The molecule has 0 spiro atoms. The van der Waals surface area contributed by atoms with Gasteiger partial charge in [0.05, 0.1) is 19.1 Å². The highest BCUT2D eigenvalue weighted by Gasteiger charge is 2.16. The fourth-order valence-corrected chi connectivity index (χ4v) is 1.74. The van der Waals surface area contributed by atoms with Crippen LogP contribution in [-0.2, 0) is 22.7 Å². The number of tetrazole rings is 1. The van der Waals surface area contributed by atoms with Crippen LogP contribution < -0.4 is 4.74 Å². The first-order valence-electron chi connectivity index (χ1n) is 6.36. The molecule has 0 aliphatic rings. The van der Waals surface area contributed by atoms with Crippen LogP contribution in [0.1, 0.15) is 12.2 Å². The highest BCUT2D eigenvalue weighted by atomic mass is 16.5. The number of benzene rings is 1. The molecule has 0 amide bonds. The third-order valence-electron chi connectivity index (χ3n) is 2.83. The number of nitrogens with zero attached hydrogens (tertiary/aromatic N) is 4. The molecule has 1 aromatic carbocycles. The maximum atomic E-state index is 10.7. The van der Waals surface area contributed by atoms with Gasteiger partial charge < -0.3 is 14.6 Å². The highest BCUT2D eigenvalue weighted by molar-refractivity contribution is 5.67. The fourth-order valence-electron chi connectivity index (χ4n) is 1.74. The zero-order valence-corrected chi connectivity index (χ0v) is 11.5. The summed E-state index contributed by atoms with van der Waals surface area (Å²) in [6, 6.07) is 9.29. The Kier molecular flexibility index (Phi) is 5.22. The number of rotatable bonds is 8. The zero-order chi connectivity index (χ0) is 15.1. The first-order valence-corrected chi connectivity index (χ1v) is 6.36. The van der Waals surface area contributed by atoms with E-state index in [-0.39, 0.29) is 19.6 Å². The van der Waals surface area contributed by atoms with Gasteiger partial charge in [0.25, 0.3) is 0 Å². The summed E-state index contributed by atoms with van der Waals surface area (Å²) in [7, 11) is 1.46. The standard InChI is InChI=1S/C13H16N4O4/c1-20-11(7-13(18)19)8-17-12(14-15-16-17)9-21-10-5-3-2-4-6-10/h2-6,11H,7-9H2,1H3,(H,18,19). The minimum atomic E-state index is -0.933. The summed E-state index contributed by atoms with van der Waals surface area (Å²) in [5, 5.41) is 20.1. The molecule has 0 saturated carbocycles. The van der Waals surface area contributed by atoms with Gasteiger partial charge in [-0.2, -0.15) is 0 Å². The van der Waals surface area contributed by atoms with Crippen molar-refractivity contribution in [3.63, 3.8) is 0 Å². The maximum Gasteiger partial charge on any atom is 0.306 e. The van der Waals surface area contributed by atoms with Gasteiger partial charge in [-0.15, -0.1) is 5.10 Å². The van der Waals surface area contributed by atoms with E-state index in [0.29, 0.717) is 11.6 Å². The van der Waals surface area contributed by atoms with Crippen LogP contribution in [0.4, 0.5) is 0 Å². The van der Waals surface area contributed by atoms with Crippen LogP contribution >= 0.6 is 0 Å². The zero-order valence-electron chi connectivity index (χ0n) is 11.5. The predicted molar refractivity (Wildman–Crippen MR) is 71.6 cm³/mol. The van der Waals surface area contributed by atoms with Crippen molar-refractivity contribution < 1.29 is 19.4 Å². The number of hydrogen-bond acceptors (Lipinski definition) is 6. The average Bonchev–Trinajstić information content (AvgIpc) is 2.92. The topological polar surface area (TPSA) is 99.4 Å². The van der Waals surface area contributed by atoms with Crippen molar-refractivity contribution in [1.82, 2.24) is 20.2 Å². The summed E-state index contributed by atoms with van der Waals surface area (Å²) in [4.78, 5) is 10.7. The molecule has 0 bridgehead atoms. The van der Waals surface area contributed by atoms with E-state index in [1.165, 1.54) is 11.8 Å². The van der Waals surface area contributed by atoms with Gasteiger partial charge in [-0.25, -0.2) is 4.68 Å². The van der Waals surface area contributed by atoms with Crippen molar-refractivity contribution in [2.45, 2.75) is 25.7 Å². The lowest BCUT2D eigenvalue weighted by Crippen LogP contribution is -2.24. The molecular formula is C13H16N4O4. The van der Waals surface area contributed by atoms with Gasteiger partial charge in [0.2, 0.25) is 0 Å². The SMILES string of the molecule is COC(CC(=O)O)Cn1nnnc1COc1ccccc1. The molecule has 1 atom stereocenters. The second-order valence-electron chi connectivity index (χ2n) is 4.33. The minimum Gasteiger partial charge on any atom is -0.486 e. The van der Waals surface area contributed by atoms with E-state index >= 15 is 0 Å². The molecule has 2 aromatic rings. The van der Waals surface area contributed by atoms with Crippen LogP contribution in [-0.4, -0.2) is 44.5 Å². The Morgan fingerprint density at radius 2 is 2.14 bits per heavy atom. The summed E-state index contributed by atoms with van der Waals surface area (Å²) in [5.74, 6) is 0.282. The van der Waals surface area contributed by atoms with E-state index in [4.69, 9.17) is 14.6 Å². The second-order valence-corrected chi connectivity index (χ2v) is 4.33. The number of carboxylic acids is 1. The fraction of sp³-hybridized carbons (Fsp3) is 0.385. The lowest BCUT2D eigenvalue weighted by atomic mass is 10.2.